The highest BCUT2D eigenvalue weighted by Crippen LogP contribution is 2.15. The summed E-state index contributed by atoms with van der Waals surface area (Å²) in [5, 5.41) is 11.6. The van der Waals surface area contributed by atoms with E-state index in [0.717, 1.165) is 25.1 Å². The molecule has 1 N–H and O–H groups in total. The highest BCUT2D eigenvalue weighted by atomic mass is 15.4. The molecule has 18 heavy (non-hydrogen) atoms. The van der Waals surface area contributed by atoms with Crippen LogP contribution in [0.25, 0.3) is 0 Å². The molecular weight excluding hydrogens is 224 g/mol. The topological polar surface area (TPSA) is 42.7 Å². The summed E-state index contributed by atoms with van der Waals surface area (Å²) in [4.78, 5) is 0. The Bertz CT molecular complexity index is 417. The molecule has 1 heterocycles. The molecule has 4 heteroatoms. The fourth-order valence-electron chi connectivity index (χ4n) is 1.54. The zero-order valence-corrected chi connectivity index (χ0v) is 12.1. The van der Waals surface area contributed by atoms with E-state index in [0.29, 0.717) is 0 Å². The molecule has 0 aliphatic carbocycles. The zero-order valence-electron chi connectivity index (χ0n) is 12.1. The Morgan fingerprint density at radius 3 is 2.67 bits per heavy atom. The summed E-state index contributed by atoms with van der Waals surface area (Å²) < 4.78 is 1.73. The van der Waals surface area contributed by atoms with Crippen molar-refractivity contribution in [3.8, 4) is 11.8 Å². The van der Waals surface area contributed by atoms with Gasteiger partial charge in [-0.05, 0) is 33.7 Å². The minimum Gasteiger partial charge on any atom is -0.308 e. The number of nitrogens with one attached hydrogen (secondary N) is 1. The van der Waals surface area contributed by atoms with Gasteiger partial charge in [0.1, 0.15) is 5.69 Å². The molecule has 0 bridgehead atoms. The van der Waals surface area contributed by atoms with Gasteiger partial charge in [0.2, 0.25) is 0 Å². The zero-order chi connectivity index (χ0) is 13.6. The lowest BCUT2D eigenvalue weighted by Gasteiger charge is -2.13. The van der Waals surface area contributed by atoms with Crippen LogP contribution in [-0.4, -0.2) is 21.5 Å². The summed E-state index contributed by atoms with van der Waals surface area (Å²) in [5.41, 5.74) is 1.02. The Kier molecular flexibility index (Phi) is 5.36. The van der Waals surface area contributed by atoms with E-state index in [-0.39, 0.29) is 11.5 Å². The summed E-state index contributed by atoms with van der Waals surface area (Å²) in [6.45, 7) is 9.49. The van der Waals surface area contributed by atoms with E-state index in [1.54, 1.807) is 4.68 Å². The Balaban J connectivity index is 2.69. The number of hydrogen-bond acceptors (Lipinski definition) is 3. The molecule has 0 aromatic carbocycles. The van der Waals surface area contributed by atoms with E-state index in [2.05, 4.69) is 55.2 Å². The Morgan fingerprint density at radius 2 is 2.17 bits per heavy atom. The summed E-state index contributed by atoms with van der Waals surface area (Å²) in [7, 11) is 1.88. The number of rotatable bonds is 5. The van der Waals surface area contributed by atoms with Crippen LogP contribution in [0.15, 0.2) is 6.20 Å². The normalized spacial score (nSPS) is 12.9. The minimum absolute atomic E-state index is 0.0532. The SMILES string of the molecule is CCCNC(CC#CC(C)(C)C)c1cn(C)nn1. The largest absolute Gasteiger partial charge is 0.308 e. The van der Waals surface area contributed by atoms with Crippen molar-refractivity contribution in [1.29, 1.82) is 0 Å². The van der Waals surface area contributed by atoms with Crippen LogP contribution >= 0.6 is 0 Å². The van der Waals surface area contributed by atoms with Crippen LogP contribution < -0.4 is 5.32 Å². The van der Waals surface area contributed by atoms with Crippen LogP contribution in [0.1, 0.15) is 52.3 Å². The summed E-state index contributed by atoms with van der Waals surface area (Å²) in [5.74, 6) is 6.51. The fraction of sp³-hybridized carbons (Fsp3) is 0.714. The van der Waals surface area contributed by atoms with Crippen molar-refractivity contribution in [2.75, 3.05) is 6.54 Å². The van der Waals surface area contributed by atoms with Gasteiger partial charge in [-0.25, -0.2) is 0 Å². The first-order valence-corrected chi connectivity index (χ1v) is 6.52. The Hall–Kier alpha value is -1.34. The molecule has 0 spiro atoms. The quantitative estimate of drug-likeness (QED) is 0.813. The molecule has 0 aliphatic heterocycles. The monoisotopic (exact) mass is 248 g/mol. The molecule has 0 radical (unpaired) electrons. The molecule has 0 aliphatic rings. The average Bonchev–Trinajstić information content (AvgIpc) is 2.68. The molecule has 1 atom stereocenters. The number of nitrogens with zero attached hydrogens (tertiary/aromatic N) is 3. The first-order chi connectivity index (χ1) is 8.42. The highest BCUT2D eigenvalue weighted by molar-refractivity contribution is 5.12. The molecule has 1 unspecified atom stereocenters. The molecule has 1 aromatic heterocycles. The van der Waals surface area contributed by atoms with Gasteiger partial charge in [-0.15, -0.1) is 11.0 Å². The smallest absolute Gasteiger partial charge is 0.101 e. The van der Waals surface area contributed by atoms with E-state index < -0.39 is 0 Å². The third kappa shape index (κ3) is 5.33. The van der Waals surface area contributed by atoms with Crippen LogP contribution in [0, 0.1) is 17.3 Å². The van der Waals surface area contributed by atoms with E-state index in [9.17, 15) is 0 Å². The molecule has 1 rings (SSSR count). The van der Waals surface area contributed by atoms with Gasteiger partial charge in [-0.3, -0.25) is 4.68 Å². The molecular formula is C14H24N4. The molecule has 0 saturated carbocycles. The van der Waals surface area contributed by atoms with Crippen molar-refractivity contribution in [3.63, 3.8) is 0 Å². The van der Waals surface area contributed by atoms with Crippen molar-refractivity contribution in [2.45, 2.75) is 46.6 Å². The van der Waals surface area contributed by atoms with Gasteiger partial charge < -0.3 is 5.32 Å². The van der Waals surface area contributed by atoms with E-state index in [4.69, 9.17) is 0 Å². The van der Waals surface area contributed by atoms with Crippen LogP contribution in [0.5, 0.6) is 0 Å². The van der Waals surface area contributed by atoms with E-state index in [1.165, 1.54) is 0 Å². The second-order valence-corrected chi connectivity index (χ2v) is 5.58. The maximum Gasteiger partial charge on any atom is 0.101 e. The molecule has 1 aromatic rings. The molecule has 4 nitrogen and oxygen atoms in total. The molecule has 0 fully saturated rings. The standard InChI is InChI=1S/C14H24N4/c1-6-10-15-12(8-7-9-14(2,3)4)13-11-18(5)17-16-13/h11-12,15H,6,8,10H2,1-5H3. The van der Waals surface area contributed by atoms with Crippen LogP contribution in [0.2, 0.25) is 0 Å². The Labute approximate surface area is 110 Å². The van der Waals surface area contributed by atoms with E-state index >= 15 is 0 Å². The second kappa shape index (κ2) is 6.55. The third-order valence-corrected chi connectivity index (χ3v) is 2.39. The molecule has 0 amide bonds. The number of aromatic nitrogens is 3. The van der Waals surface area contributed by atoms with Crippen molar-refractivity contribution >= 4 is 0 Å². The fourth-order valence-corrected chi connectivity index (χ4v) is 1.54. The average molecular weight is 248 g/mol. The summed E-state index contributed by atoms with van der Waals surface area (Å²) >= 11 is 0. The second-order valence-electron chi connectivity index (χ2n) is 5.58. The predicted octanol–water partition coefficient (Wildman–Crippen LogP) is 2.30. The summed E-state index contributed by atoms with van der Waals surface area (Å²) in [6, 6.07) is 0.175. The van der Waals surface area contributed by atoms with Crippen LogP contribution in [0.3, 0.4) is 0 Å². The van der Waals surface area contributed by atoms with Gasteiger partial charge in [0.05, 0.1) is 6.04 Å². The lowest BCUT2D eigenvalue weighted by molar-refractivity contribution is 0.526. The highest BCUT2D eigenvalue weighted by Gasteiger charge is 2.13. The van der Waals surface area contributed by atoms with Gasteiger partial charge in [-0.2, -0.15) is 0 Å². The first-order valence-electron chi connectivity index (χ1n) is 6.52. The molecule has 100 valence electrons. The van der Waals surface area contributed by atoms with Crippen LogP contribution in [0.4, 0.5) is 0 Å². The van der Waals surface area contributed by atoms with Gasteiger partial charge in [-0.1, -0.05) is 18.1 Å². The molecule has 0 saturated heterocycles. The maximum atomic E-state index is 4.17. The van der Waals surface area contributed by atoms with Gasteiger partial charge in [0, 0.05) is 25.1 Å². The third-order valence-electron chi connectivity index (χ3n) is 2.39. The first kappa shape index (κ1) is 14.7. The van der Waals surface area contributed by atoms with Crippen molar-refractivity contribution < 1.29 is 0 Å². The lowest BCUT2D eigenvalue weighted by atomic mass is 9.97. The summed E-state index contributed by atoms with van der Waals surface area (Å²) in [6.07, 6.45) is 3.82. The van der Waals surface area contributed by atoms with Crippen molar-refractivity contribution in [2.24, 2.45) is 12.5 Å². The minimum atomic E-state index is 0.0532. The predicted molar refractivity (Wildman–Crippen MR) is 73.9 cm³/mol. The van der Waals surface area contributed by atoms with Crippen molar-refractivity contribution in [3.05, 3.63) is 11.9 Å². The van der Waals surface area contributed by atoms with Gasteiger partial charge in [0.25, 0.3) is 0 Å². The van der Waals surface area contributed by atoms with Gasteiger partial charge >= 0.3 is 0 Å². The Morgan fingerprint density at radius 1 is 1.44 bits per heavy atom. The number of hydrogen-bond donors (Lipinski definition) is 1. The maximum absolute atomic E-state index is 4.17. The van der Waals surface area contributed by atoms with Gasteiger partial charge in [0.15, 0.2) is 0 Å². The van der Waals surface area contributed by atoms with E-state index in [1.807, 2.05) is 13.2 Å². The van der Waals surface area contributed by atoms with Crippen molar-refractivity contribution in [1.82, 2.24) is 20.3 Å². The van der Waals surface area contributed by atoms with Crippen LogP contribution in [-0.2, 0) is 7.05 Å². The lowest BCUT2D eigenvalue weighted by Crippen LogP contribution is -2.22. The number of aryl methyl sites for hydroxylation is 1.